The first-order chi connectivity index (χ1) is 18.5. The number of benzene rings is 2. The average molecular weight is 525 g/mol. The zero-order chi connectivity index (χ0) is 26.2. The summed E-state index contributed by atoms with van der Waals surface area (Å²) in [5.74, 6) is 0.108. The molecule has 0 aliphatic carbocycles. The molecule has 5 N–H and O–H groups in total. The lowest BCUT2D eigenvalue weighted by Crippen LogP contribution is -2.38. The summed E-state index contributed by atoms with van der Waals surface area (Å²) < 4.78 is 2.72. The van der Waals surface area contributed by atoms with Crippen molar-refractivity contribution in [3.63, 3.8) is 0 Å². The molecule has 9 heteroatoms. The Bertz CT molecular complexity index is 1660. The lowest BCUT2D eigenvalue weighted by atomic mass is 10.1. The Morgan fingerprint density at radius 3 is 2.68 bits per heavy atom. The predicted molar refractivity (Wildman–Crippen MR) is 154 cm³/mol. The molecule has 0 radical (unpaired) electrons. The van der Waals surface area contributed by atoms with E-state index in [1.807, 2.05) is 66.2 Å². The molecule has 1 fully saturated rings. The number of rotatable bonds is 6. The highest BCUT2D eigenvalue weighted by atomic mass is 32.1. The van der Waals surface area contributed by atoms with Gasteiger partial charge < -0.3 is 26.3 Å². The van der Waals surface area contributed by atoms with Crippen LogP contribution in [0.3, 0.4) is 0 Å². The number of primary amides is 1. The summed E-state index contributed by atoms with van der Waals surface area (Å²) in [7, 11) is 1.89. The minimum Gasteiger partial charge on any atom is -0.366 e. The van der Waals surface area contributed by atoms with Gasteiger partial charge in [-0.25, -0.2) is 4.98 Å². The Morgan fingerprint density at radius 2 is 1.95 bits per heavy atom. The number of nitrogens with zero attached hydrogens (tertiary/aromatic N) is 2. The largest absolute Gasteiger partial charge is 0.366 e. The Balaban J connectivity index is 1.27. The molecule has 1 aliphatic heterocycles. The number of hydrogen-bond donors (Lipinski definition) is 4. The number of aryl methyl sites for hydroxylation is 1. The van der Waals surface area contributed by atoms with E-state index in [0.29, 0.717) is 16.9 Å². The molecule has 0 spiro atoms. The van der Waals surface area contributed by atoms with Crippen molar-refractivity contribution in [3.8, 4) is 10.4 Å². The van der Waals surface area contributed by atoms with Gasteiger partial charge in [0.2, 0.25) is 0 Å². The normalized spacial score (nSPS) is 15.6. The maximum absolute atomic E-state index is 13.0. The summed E-state index contributed by atoms with van der Waals surface area (Å²) >= 11 is 1.52. The van der Waals surface area contributed by atoms with Crippen LogP contribution in [0, 0.1) is 0 Å². The summed E-state index contributed by atoms with van der Waals surface area (Å²) in [5, 5.41) is 11.9. The van der Waals surface area contributed by atoms with Gasteiger partial charge in [-0.2, -0.15) is 0 Å². The number of carbonyl (C=O) groups excluding carboxylic acids is 2. The molecule has 2 aromatic carbocycles. The van der Waals surface area contributed by atoms with Crippen molar-refractivity contribution in [3.05, 3.63) is 78.1 Å². The molecular formula is C29H28N6O2S. The molecule has 1 saturated heterocycles. The second kappa shape index (κ2) is 9.92. The molecule has 8 nitrogen and oxygen atoms in total. The van der Waals surface area contributed by atoms with Gasteiger partial charge in [0, 0.05) is 52.7 Å². The van der Waals surface area contributed by atoms with Gasteiger partial charge in [0.15, 0.2) is 0 Å². The van der Waals surface area contributed by atoms with E-state index in [-0.39, 0.29) is 11.9 Å². The highest BCUT2D eigenvalue weighted by Crippen LogP contribution is 2.39. The molecule has 5 aromatic rings. The van der Waals surface area contributed by atoms with Crippen LogP contribution >= 0.6 is 11.3 Å². The standard InChI is InChI=1S/C29H28N6O2S/c1-35-23-7-3-2-5-18(23)13-24(35)29(37)34-19-10-8-17(9-11-19)25-14-21-26(38-25)22(27(30)36)16-32-28(21)33-20-6-4-12-31-15-20/h2-3,5,7-11,13-14,16,20,31H,4,6,12,15H2,1H3,(H2,30,36)(H,32,33)(H,34,37)/t20-/m0/s1. The van der Waals surface area contributed by atoms with E-state index in [1.54, 1.807) is 6.20 Å². The quantitative estimate of drug-likeness (QED) is 0.250. The Morgan fingerprint density at radius 1 is 1.13 bits per heavy atom. The van der Waals surface area contributed by atoms with Crippen LogP contribution in [0.25, 0.3) is 31.4 Å². The number of aromatic nitrogens is 2. The van der Waals surface area contributed by atoms with E-state index in [2.05, 4.69) is 27.0 Å². The third kappa shape index (κ3) is 4.51. The third-order valence-electron chi connectivity index (χ3n) is 7.07. The predicted octanol–water partition coefficient (Wildman–Crippen LogP) is 4.97. The van der Waals surface area contributed by atoms with Crippen LogP contribution in [0.1, 0.15) is 33.7 Å². The summed E-state index contributed by atoms with van der Waals surface area (Å²) in [6.45, 7) is 1.91. The number of carbonyl (C=O) groups is 2. The molecule has 1 atom stereocenters. The monoisotopic (exact) mass is 524 g/mol. The van der Waals surface area contributed by atoms with Crippen molar-refractivity contribution in [2.24, 2.45) is 12.8 Å². The van der Waals surface area contributed by atoms with Crippen LogP contribution in [-0.2, 0) is 7.05 Å². The SMILES string of the molecule is Cn1c(C(=O)Nc2ccc(-c3cc4c(N[C@H]5CCCNC5)ncc(C(N)=O)c4s3)cc2)cc2ccccc21. The molecule has 0 unspecified atom stereocenters. The molecule has 1 aliphatic rings. The highest BCUT2D eigenvalue weighted by molar-refractivity contribution is 7.22. The molecule has 0 saturated carbocycles. The number of para-hydroxylation sites is 1. The fourth-order valence-corrected chi connectivity index (χ4v) is 6.22. The Labute approximate surface area is 223 Å². The maximum Gasteiger partial charge on any atom is 0.272 e. The first-order valence-corrected chi connectivity index (χ1v) is 13.5. The van der Waals surface area contributed by atoms with Gasteiger partial charge >= 0.3 is 0 Å². The first kappa shape index (κ1) is 24.1. The molecule has 38 heavy (non-hydrogen) atoms. The van der Waals surface area contributed by atoms with Crippen LogP contribution in [0.2, 0.25) is 0 Å². The second-order valence-electron chi connectivity index (χ2n) is 9.60. The fraction of sp³-hybridized carbons (Fsp3) is 0.207. The molecule has 6 rings (SSSR count). The van der Waals surface area contributed by atoms with Crippen molar-refractivity contribution < 1.29 is 9.59 Å². The van der Waals surface area contributed by atoms with Gasteiger partial charge in [0.1, 0.15) is 11.5 Å². The van der Waals surface area contributed by atoms with Gasteiger partial charge in [0.25, 0.3) is 11.8 Å². The van der Waals surface area contributed by atoms with E-state index < -0.39 is 5.91 Å². The minimum absolute atomic E-state index is 0.164. The minimum atomic E-state index is -0.492. The smallest absolute Gasteiger partial charge is 0.272 e. The summed E-state index contributed by atoms with van der Waals surface area (Å²) in [6.07, 6.45) is 3.74. The molecule has 3 aromatic heterocycles. The van der Waals surface area contributed by atoms with Crippen LogP contribution in [0.15, 0.2) is 66.9 Å². The summed E-state index contributed by atoms with van der Waals surface area (Å²) in [6, 6.07) is 19.9. The van der Waals surface area contributed by atoms with Crippen molar-refractivity contribution in [2.75, 3.05) is 23.7 Å². The molecule has 2 amide bonds. The van der Waals surface area contributed by atoms with Gasteiger partial charge in [-0.15, -0.1) is 11.3 Å². The molecule has 0 bridgehead atoms. The van der Waals surface area contributed by atoms with E-state index in [9.17, 15) is 9.59 Å². The van der Waals surface area contributed by atoms with Crippen molar-refractivity contribution >= 4 is 55.6 Å². The summed E-state index contributed by atoms with van der Waals surface area (Å²) in [5.41, 5.74) is 9.38. The third-order valence-corrected chi connectivity index (χ3v) is 8.29. The fourth-order valence-electron chi connectivity index (χ4n) is 5.05. The Kier molecular flexibility index (Phi) is 6.30. The van der Waals surface area contributed by atoms with Crippen LogP contribution in [-0.4, -0.2) is 40.5 Å². The van der Waals surface area contributed by atoms with E-state index in [1.165, 1.54) is 11.3 Å². The number of nitrogens with one attached hydrogen (secondary N) is 3. The average Bonchev–Trinajstić information content (AvgIpc) is 3.52. The number of anilines is 2. The van der Waals surface area contributed by atoms with Gasteiger partial charge in [-0.3, -0.25) is 9.59 Å². The summed E-state index contributed by atoms with van der Waals surface area (Å²) in [4.78, 5) is 30.6. The molecule has 4 heterocycles. The lowest BCUT2D eigenvalue weighted by Gasteiger charge is -2.24. The van der Waals surface area contributed by atoms with Crippen molar-refractivity contribution in [1.29, 1.82) is 0 Å². The highest BCUT2D eigenvalue weighted by Gasteiger charge is 2.20. The van der Waals surface area contributed by atoms with E-state index >= 15 is 0 Å². The number of piperidine rings is 1. The van der Waals surface area contributed by atoms with Crippen LogP contribution in [0.4, 0.5) is 11.5 Å². The van der Waals surface area contributed by atoms with Gasteiger partial charge in [0.05, 0.1) is 10.3 Å². The number of nitrogens with two attached hydrogens (primary N) is 1. The zero-order valence-corrected chi connectivity index (χ0v) is 21.8. The number of hydrogen-bond acceptors (Lipinski definition) is 6. The number of pyridine rings is 1. The molecular weight excluding hydrogens is 496 g/mol. The maximum atomic E-state index is 13.0. The van der Waals surface area contributed by atoms with E-state index in [0.717, 1.165) is 63.2 Å². The van der Waals surface area contributed by atoms with Crippen molar-refractivity contribution in [2.45, 2.75) is 18.9 Å². The number of fused-ring (bicyclic) bond motifs is 2. The first-order valence-electron chi connectivity index (χ1n) is 12.6. The Hall–Kier alpha value is -4.21. The number of thiophene rings is 1. The lowest BCUT2D eigenvalue weighted by molar-refractivity contribution is 0.0998. The van der Waals surface area contributed by atoms with Crippen LogP contribution in [0.5, 0.6) is 0 Å². The van der Waals surface area contributed by atoms with Crippen LogP contribution < -0.4 is 21.7 Å². The van der Waals surface area contributed by atoms with Gasteiger partial charge in [-0.05, 0) is 55.3 Å². The zero-order valence-electron chi connectivity index (χ0n) is 21.0. The second-order valence-corrected chi connectivity index (χ2v) is 10.7. The molecule has 192 valence electrons. The van der Waals surface area contributed by atoms with Gasteiger partial charge in [-0.1, -0.05) is 30.3 Å². The van der Waals surface area contributed by atoms with Crippen molar-refractivity contribution in [1.82, 2.24) is 14.9 Å². The topological polar surface area (TPSA) is 114 Å². The number of amides is 2. The van der Waals surface area contributed by atoms with E-state index in [4.69, 9.17) is 5.73 Å².